The van der Waals surface area contributed by atoms with E-state index in [1.165, 1.54) is 12.1 Å². The van der Waals surface area contributed by atoms with E-state index in [0.29, 0.717) is 22.0 Å². The average Bonchev–Trinajstić information content (AvgIpc) is 3.15. The zero-order valence-electron chi connectivity index (χ0n) is 15.0. The lowest BCUT2D eigenvalue weighted by atomic mass is 10.1. The van der Waals surface area contributed by atoms with Gasteiger partial charge in [0.25, 0.3) is 5.22 Å². The van der Waals surface area contributed by atoms with Gasteiger partial charge in [-0.05, 0) is 48.9 Å². The molecule has 0 saturated carbocycles. The van der Waals surface area contributed by atoms with Crippen LogP contribution < -0.4 is 5.32 Å². The lowest BCUT2D eigenvalue weighted by Crippen LogP contribution is -2.28. The van der Waals surface area contributed by atoms with E-state index in [9.17, 15) is 18.0 Å². The molecule has 0 aliphatic heterocycles. The van der Waals surface area contributed by atoms with Crippen LogP contribution in [0.25, 0.3) is 11.5 Å². The average molecular weight is 442 g/mol. The molecule has 0 spiro atoms. The monoisotopic (exact) mass is 441 g/mol. The van der Waals surface area contributed by atoms with Gasteiger partial charge in [-0.2, -0.15) is 13.2 Å². The normalized spacial score (nSPS) is 12.6. The van der Waals surface area contributed by atoms with Gasteiger partial charge in [-0.3, -0.25) is 4.79 Å². The number of alkyl halides is 3. The number of hydrogen-bond donors (Lipinski definition) is 1. The van der Waals surface area contributed by atoms with Crippen molar-refractivity contribution in [3.63, 3.8) is 0 Å². The van der Waals surface area contributed by atoms with E-state index in [1.807, 2.05) is 0 Å². The van der Waals surface area contributed by atoms with Gasteiger partial charge in [0.15, 0.2) is 0 Å². The van der Waals surface area contributed by atoms with Crippen molar-refractivity contribution in [1.82, 2.24) is 15.5 Å². The highest BCUT2D eigenvalue weighted by Crippen LogP contribution is 2.30. The summed E-state index contributed by atoms with van der Waals surface area (Å²) in [5.74, 6) is 0.0177. The maximum absolute atomic E-state index is 12.6. The number of amides is 1. The number of thioether (sulfide) groups is 1. The molecule has 29 heavy (non-hydrogen) atoms. The Kier molecular flexibility index (Phi) is 6.49. The number of nitrogens with zero attached hydrogens (tertiary/aromatic N) is 2. The van der Waals surface area contributed by atoms with E-state index in [-0.39, 0.29) is 16.9 Å². The summed E-state index contributed by atoms with van der Waals surface area (Å²) in [6.07, 6.45) is -4.39. The Morgan fingerprint density at radius 2 is 1.79 bits per heavy atom. The molecule has 1 aromatic heterocycles. The van der Waals surface area contributed by atoms with Gasteiger partial charge in [0.2, 0.25) is 11.8 Å². The fraction of sp³-hybridized carbons (Fsp3) is 0.211. The lowest BCUT2D eigenvalue weighted by Gasteiger charge is -2.15. The number of hydrogen-bond acceptors (Lipinski definition) is 5. The molecule has 0 aliphatic rings. The number of carbonyl (C=O) groups is 1. The number of rotatable bonds is 6. The molecule has 3 rings (SSSR count). The minimum atomic E-state index is -4.39. The molecular formula is C19H15ClF3N3O2S. The first-order chi connectivity index (χ1) is 13.7. The highest BCUT2D eigenvalue weighted by atomic mass is 35.5. The number of aromatic nitrogens is 2. The minimum absolute atomic E-state index is 0.0211. The van der Waals surface area contributed by atoms with E-state index < -0.39 is 17.8 Å². The van der Waals surface area contributed by atoms with Crippen molar-refractivity contribution in [2.75, 3.05) is 5.75 Å². The molecule has 1 amide bonds. The van der Waals surface area contributed by atoms with Crippen LogP contribution in [0.2, 0.25) is 5.02 Å². The van der Waals surface area contributed by atoms with Crippen molar-refractivity contribution in [2.24, 2.45) is 0 Å². The summed E-state index contributed by atoms with van der Waals surface area (Å²) < 4.78 is 43.4. The molecule has 1 atom stereocenters. The van der Waals surface area contributed by atoms with Crippen LogP contribution in [-0.4, -0.2) is 21.9 Å². The highest BCUT2D eigenvalue weighted by Gasteiger charge is 2.30. The fourth-order valence-electron chi connectivity index (χ4n) is 2.43. The third kappa shape index (κ3) is 5.74. The van der Waals surface area contributed by atoms with Gasteiger partial charge in [0.1, 0.15) is 0 Å². The van der Waals surface area contributed by atoms with Crippen LogP contribution in [0.3, 0.4) is 0 Å². The molecule has 0 fully saturated rings. The molecular weight excluding hydrogens is 427 g/mol. The van der Waals surface area contributed by atoms with Crippen molar-refractivity contribution < 1.29 is 22.4 Å². The van der Waals surface area contributed by atoms with Crippen molar-refractivity contribution in [3.05, 3.63) is 64.7 Å². The standard InChI is InChI=1S/C19H15ClF3N3O2S/c1-11(12-2-6-14(7-3-12)19(21,22)23)24-16(27)10-29-18-26-25-17(28-18)13-4-8-15(20)9-5-13/h2-9,11H,10H2,1H3,(H,24,27). The van der Waals surface area contributed by atoms with Gasteiger partial charge in [0.05, 0.1) is 17.4 Å². The smallest absolute Gasteiger partial charge is 0.411 e. The molecule has 0 radical (unpaired) electrons. The summed E-state index contributed by atoms with van der Waals surface area (Å²) in [5, 5.41) is 11.3. The van der Waals surface area contributed by atoms with Crippen molar-refractivity contribution in [1.29, 1.82) is 0 Å². The topological polar surface area (TPSA) is 68.0 Å². The minimum Gasteiger partial charge on any atom is -0.411 e. The molecule has 0 bridgehead atoms. The fourth-order valence-corrected chi connectivity index (χ4v) is 3.13. The molecule has 152 valence electrons. The Bertz CT molecular complexity index is 976. The van der Waals surface area contributed by atoms with Gasteiger partial charge in [-0.15, -0.1) is 10.2 Å². The number of carbonyl (C=O) groups excluding carboxylic acids is 1. The predicted octanol–water partition coefficient (Wildman–Crippen LogP) is 5.38. The second-order valence-electron chi connectivity index (χ2n) is 6.08. The molecule has 3 aromatic rings. The maximum atomic E-state index is 12.6. The van der Waals surface area contributed by atoms with E-state index in [1.54, 1.807) is 31.2 Å². The Hall–Kier alpha value is -2.52. The maximum Gasteiger partial charge on any atom is 0.416 e. The molecule has 1 N–H and O–H groups in total. The third-order valence-corrected chi connectivity index (χ3v) is 5.01. The van der Waals surface area contributed by atoms with Crippen LogP contribution in [0.4, 0.5) is 13.2 Å². The van der Waals surface area contributed by atoms with E-state index in [4.69, 9.17) is 16.0 Å². The van der Waals surface area contributed by atoms with Crippen LogP contribution >= 0.6 is 23.4 Å². The third-order valence-electron chi connectivity index (χ3n) is 3.94. The van der Waals surface area contributed by atoms with Gasteiger partial charge in [0, 0.05) is 10.6 Å². The Balaban J connectivity index is 1.53. The Labute approximate surface area is 173 Å². The summed E-state index contributed by atoms with van der Waals surface area (Å²) >= 11 is 6.90. The SMILES string of the molecule is CC(NC(=O)CSc1nnc(-c2ccc(Cl)cc2)o1)c1ccc(C(F)(F)F)cc1. The van der Waals surface area contributed by atoms with E-state index in [0.717, 1.165) is 23.9 Å². The number of halogens is 4. The van der Waals surface area contributed by atoms with Crippen LogP contribution in [0.15, 0.2) is 58.2 Å². The van der Waals surface area contributed by atoms with Crippen molar-refractivity contribution in [2.45, 2.75) is 24.4 Å². The van der Waals surface area contributed by atoms with Gasteiger partial charge in [-0.25, -0.2) is 0 Å². The summed E-state index contributed by atoms with van der Waals surface area (Å²) in [7, 11) is 0. The second kappa shape index (κ2) is 8.87. The highest BCUT2D eigenvalue weighted by molar-refractivity contribution is 7.99. The van der Waals surface area contributed by atoms with Gasteiger partial charge < -0.3 is 9.73 Å². The molecule has 1 heterocycles. The number of benzene rings is 2. The van der Waals surface area contributed by atoms with Gasteiger partial charge >= 0.3 is 6.18 Å². The first-order valence-electron chi connectivity index (χ1n) is 8.41. The summed E-state index contributed by atoms with van der Waals surface area (Å²) in [6.45, 7) is 1.69. The zero-order valence-corrected chi connectivity index (χ0v) is 16.6. The Morgan fingerprint density at radius 1 is 1.14 bits per heavy atom. The van der Waals surface area contributed by atoms with Crippen LogP contribution in [0.5, 0.6) is 0 Å². The van der Waals surface area contributed by atoms with Gasteiger partial charge in [-0.1, -0.05) is 35.5 Å². The molecule has 2 aromatic carbocycles. The molecule has 0 aliphatic carbocycles. The van der Waals surface area contributed by atoms with Crippen LogP contribution in [0, 0.1) is 0 Å². The second-order valence-corrected chi connectivity index (χ2v) is 7.44. The largest absolute Gasteiger partial charge is 0.416 e. The summed E-state index contributed by atoms with van der Waals surface area (Å²) in [4.78, 5) is 12.1. The molecule has 0 saturated heterocycles. The molecule has 10 heteroatoms. The van der Waals surface area contributed by atoms with Crippen LogP contribution in [0.1, 0.15) is 24.1 Å². The first kappa shape index (κ1) is 21.2. The quantitative estimate of drug-likeness (QED) is 0.520. The Morgan fingerprint density at radius 3 is 2.41 bits per heavy atom. The van der Waals surface area contributed by atoms with E-state index in [2.05, 4.69) is 15.5 Å². The lowest BCUT2D eigenvalue weighted by molar-refractivity contribution is -0.137. The zero-order chi connectivity index (χ0) is 21.0. The van der Waals surface area contributed by atoms with Crippen molar-refractivity contribution in [3.8, 4) is 11.5 Å². The van der Waals surface area contributed by atoms with Crippen molar-refractivity contribution >= 4 is 29.3 Å². The number of nitrogens with one attached hydrogen (secondary N) is 1. The molecule has 1 unspecified atom stereocenters. The van der Waals surface area contributed by atoms with Crippen LogP contribution in [-0.2, 0) is 11.0 Å². The molecule has 5 nitrogen and oxygen atoms in total. The predicted molar refractivity (Wildman–Crippen MR) is 103 cm³/mol. The first-order valence-corrected chi connectivity index (χ1v) is 9.77. The summed E-state index contributed by atoms with van der Waals surface area (Å²) in [5.41, 5.74) is 0.538. The van der Waals surface area contributed by atoms with E-state index >= 15 is 0 Å². The summed E-state index contributed by atoms with van der Waals surface area (Å²) in [6, 6.07) is 11.1.